The fourth-order valence-electron chi connectivity index (χ4n) is 1.84. The van der Waals surface area contributed by atoms with Gasteiger partial charge in [0.25, 0.3) is 11.5 Å². The maximum absolute atomic E-state index is 11.8. The highest BCUT2D eigenvalue weighted by molar-refractivity contribution is 5.93. The molecule has 1 saturated heterocycles. The zero-order valence-corrected chi connectivity index (χ0v) is 10.3. The van der Waals surface area contributed by atoms with Crippen molar-refractivity contribution in [2.75, 3.05) is 11.9 Å². The summed E-state index contributed by atoms with van der Waals surface area (Å²) in [5.41, 5.74) is -0.939. The first-order valence-corrected chi connectivity index (χ1v) is 5.70. The number of carbonyl (C=O) groups is 1. The van der Waals surface area contributed by atoms with E-state index in [0.717, 1.165) is 11.0 Å². The lowest BCUT2D eigenvalue weighted by atomic mass is 10.2. The molecule has 0 bridgehead atoms. The van der Waals surface area contributed by atoms with E-state index in [2.05, 4.69) is 5.32 Å². The quantitative estimate of drug-likeness (QED) is 0.748. The summed E-state index contributed by atoms with van der Waals surface area (Å²) >= 11 is 0. The van der Waals surface area contributed by atoms with Crippen molar-refractivity contribution in [3.05, 3.63) is 26.9 Å². The highest BCUT2D eigenvalue weighted by atomic mass is 16.5. The summed E-state index contributed by atoms with van der Waals surface area (Å²) in [5.74, 6) is -0.139. The van der Waals surface area contributed by atoms with Gasteiger partial charge in [-0.3, -0.25) is 18.7 Å². The van der Waals surface area contributed by atoms with Crippen LogP contribution in [0, 0.1) is 0 Å². The third-order valence-corrected chi connectivity index (χ3v) is 3.00. The predicted octanol–water partition coefficient (Wildman–Crippen LogP) is -0.798. The van der Waals surface area contributed by atoms with Crippen LogP contribution in [0.5, 0.6) is 0 Å². The summed E-state index contributed by atoms with van der Waals surface area (Å²) in [6.07, 6.45) is 1.00. The second kappa shape index (κ2) is 4.77. The van der Waals surface area contributed by atoms with Gasteiger partial charge in [0.15, 0.2) is 0 Å². The molecule has 1 aromatic heterocycles. The Kier molecular flexibility index (Phi) is 3.33. The van der Waals surface area contributed by atoms with E-state index in [1.54, 1.807) is 0 Å². The summed E-state index contributed by atoms with van der Waals surface area (Å²) in [7, 11) is 2.88. The molecule has 1 N–H and O–H groups in total. The van der Waals surface area contributed by atoms with E-state index in [4.69, 9.17) is 4.74 Å². The van der Waals surface area contributed by atoms with Crippen molar-refractivity contribution in [1.82, 2.24) is 9.13 Å². The van der Waals surface area contributed by atoms with Gasteiger partial charge in [-0.05, 0) is 12.8 Å². The number of hydrogen-bond donors (Lipinski definition) is 1. The summed E-state index contributed by atoms with van der Waals surface area (Å²) < 4.78 is 7.42. The van der Waals surface area contributed by atoms with Gasteiger partial charge in [-0.1, -0.05) is 0 Å². The highest BCUT2D eigenvalue weighted by Gasteiger charge is 2.24. The first kappa shape index (κ1) is 12.6. The molecular formula is C11H15N3O4. The molecule has 18 heavy (non-hydrogen) atoms. The molecule has 1 aromatic rings. The average Bonchev–Trinajstić information content (AvgIpc) is 2.87. The summed E-state index contributed by atoms with van der Waals surface area (Å²) in [6.45, 7) is 0.563. The minimum Gasteiger partial charge on any atom is -0.368 e. The van der Waals surface area contributed by atoms with E-state index in [1.807, 2.05) is 0 Å². The zero-order chi connectivity index (χ0) is 13.3. The normalized spacial score (nSPS) is 18.9. The van der Waals surface area contributed by atoms with Crippen LogP contribution in [0.1, 0.15) is 12.8 Å². The number of nitrogens with zero attached hydrogens (tertiary/aromatic N) is 2. The second-order valence-corrected chi connectivity index (χ2v) is 4.26. The van der Waals surface area contributed by atoms with Gasteiger partial charge in [0.2, 0.25) is 0 Å². The maximum atomic E-state index is 11.8. The largest absolute Gasteiger partial charge is 0.368 e. The van der Waals surface area contributed by atoms with Crippen LogP contribution in [0.4, 0.5) is 5.82 Å². The monoisotopic (exact) mass is 253 g/mol. The van der Waals surface area contributed by atoms with E-state index in [0.29, 0.717) is 13.0 Å². The first-order chi connectivity index (χ1) is 8.50. The van der Waals surface area contributed by atoms with Gasteiger partial charge in [0.1, 0.15) is 11.9 Å². The number of carbonyl (C=O) groups excluding carboxylic acids is 1. The summed E-state index contributed by atoms with van der Waals surface area (Å²) in [4.78, 5) is 35.0. The maximum Gasteiger partial charge on any atom is 0.332 e. The number of rotatable bonds is 2. The van der Waals surface area contributed by atoms with Gasteiger partial charge in [-0.15, -0.1) is 0 Å². The molecule has 1 aliphatic heterocycles. The Labute approximate surface area is 103 Å². The zero-order valence-electron chi connectivity index (χ0n) is 10.3. The van der Waals surface area contributed by atoms with Crippen LogP contribution < -0.4 is 16.6 Å². The molecular weight excluding hydrogens is 238 g/mol. The Morgan fingerprint density at radius 2 is 2.11 bits per heavy atom. The van der Waals surface area contributed by atoms with Crippen LogP contribution in [0.2, 0.25) is 0 Å². The minimum absolute atomic E-state index is 0.184. The number of anilines is 1. The van der Waals surface area contributed by atoms with E-state index in [-0.39, 0.29) is 11.7 Å². The van der Waals surface area contributed by atoms with E-state index >= 15 is 0 Å². The Hall–Kier alpha value is -1.89. The Morgan fingerprint density at radius 3 is 2.72 bits per heavy atom. The van der Waals surface area contributed by atoms with Crippen molar-refractivity contribution in [2.45, 2.75) is 18.9 Å². The molecule has 0 aliphatic carbocycles. The molecule has 1 atom stereocenters. The number of aromatic nitrogens is 2. The van der Waals surface area contributed by atoms with E-state index in [9.17, 15) is 14.4 Å². The minimum atomic E-state index is -0.496. The van der Waals surface area contributed by atoms with Crippen LogP contribution in [0.15, 0.2) is 15.7 Å². The summed E-state index contributed by atoms with van der Waals surface area (Å²) in [5, 5.41) is 2.55. The molecule has 0 unspecified atom stereocenters. The van der Waals surface area contributed by atoms with Crippen molar-refractivity contribution in [2.24, 2.45) is 14.1 Å². The molecule has 2 rings (SSSR count). The van der Waals surface area contributed by atoms with Gasteiger partial charge >= 0.3 is 5.69 Å². The van der Waals surface area contributed by atoms with Gasteiger partial charge in [0.05, 0.1) is 0 Å². The number of nitrogens with one attached hydrogen (secondary N) is 1. The molecule has 0 spiro atoms. The van der Waals surface area contributed by atoms with Crippen molar-refractivity contribution in [3.63, 3.8) is 0 Å². The second-order valence-electron chi connectivity index (χ2n) is 4.26. The van der Waals surface area contributed by atoms with Gasteiger partial charge in [0, 0.05) is 26.8 Å². The molecule has 0 radical (unpaired) electrons. The molecule has 7 nitrogen and oxygen atoms in total. The van der Waals surface area contributed by atoms with Crippen molar-refractivity contribution in [3.8, 4) is 0 Å². The Balaban J connectivity index is 2.27. The fraction of sp³-hybridized carbons (Fsp3) is 0.545. The first-order valence-electron chi connectivity index (χ1n) is 5.70. The van der Waals surface area contributed by atoms with Crippen molar-refractivity contribution < 1.29 is 9.53 Å². The average molecular weight is 253 g/mol. The van der Waals surface area contributed by atoms with E-state index < -0.39 is 17.4 Å². The molecule has 7 heteroatoms. The highest BCUT2D eigenvalue weighted by Crippen LogP contribution is 2.13. The Morgan fingerprint density at radius 1 is 1.39 bits per heavy atom. The van der Waals surface area contributed by atoms with Crippen LogP contribution in [0.25, 0.3) is 0 Å². The molecule has 0 saturated carbocycles. The number of ether oxygens (including phenoxy) is 1. The van der Waals surface area contributed by atoms with Gasteiger partial charge in [-0.25, -0.2) is 4.79 Å². The van der Waals surface area contributed by atoms with Gasteiger partial charge in [-0.2, -0.15) is 0 Å². The molecule has 1 amide bonds. The van der Waals surface area contributed by atoms with Crippen LogP contribution in [0.3, 0.4) is 0 Å². The molecule has 1 aliphatic rings. The predicted molar refractivity (Wildman–Crippen MR) is 64.5 cm³/mol. The third kappa shape index (κ3) is 2.21. The topological polar surface area (TPSA) is 82.3 Å². The molecule has 1 fully saturated rings. The van der Waals surface area contributed by atoms with Crippen LogP contribution in [-0.2, 0) is 23.6 Å². The smallest absolute Gasteiger partial charge is 0.332 e. The van der Waals surface area contributed by atoms with Crippen molar-refractivity contribution >= 4 is 11.7 Å². The van der Waals surface area contributed by atoms with E-state index in [1.165, 1.54) is 24.7 Å². The SMILES string of the molecule is Cn1c(NC(=O)[C@H]2CCCO2)cc(=O)n(C)c1=O. The lowest BCUT2D eigenvalue weighted by Crippen LogP contribution is -2.39. The fourth-order valence-corrected chi connectivity index (χ4v) is 1.84. The number of amides is 1. The lowest BCUT2D eigenvalue weighted by molar-refractivity contribution is -0.124. The van der Waals surface area contributed by atoms with Crippen LogP contribution >= 0.6 is 0 Å². The third-order valence-electron chi connectivity index (χ3n) is 3.00. The molecule has 98 valence electrons. The lowest BCUT2D eigenvalue weighted by Gasteiger charge is -2.13. The Bertz CT molecular complexity index is 581. The van der Waals surface area contributed by atoms with Gasteiger partial charge < -0.3 is 10.1 Å². The standard InChI is InChI=1S/C11H15N3O4/c1-13-8(6-9(15)14(2)11(13)17)12-10(16)7-4-3-5-18-7/h6-7H,3-5H2,1-2H3,(H,12,16)/t7-/m1/s1. The summed E-state index contributed by atoms with van der Waals surface area (Å²) in [6, 6.07) is 1.22. The van der Waals surface area contributed by atoms with Crippen LogP contribution in [-0.4, -0.2) is 27.8 Å². The van der Waals surface area contributed by atoms with Crippen molar-refractivity contribution in [1.29, 1.82) is 0 Å². The molecule has 2 heterocycles. The molecule has 0 aromatic carbocycles. The number of hydrogen-bond acceptors (Lipinski definition) is 4.